The van der Waals surface area contributed by atoms with E-state index in [0.29, 0.717) is 12.4 Å². The first-order valence-corrected chi connectivity index (χ1v) is 8.10. The normalized spacial score (nSPS) is 16.4. The maximum atomic E-state index is 11.9. The van der Waals surface area contributed by atoms with Crippen molar-refractivity contribution < 1.29 is 18.0 Å². The average molecular weight is 300 g/mol. The fraction of sp³-hybridized carbons (Fsp3) is 0.538. The van der Waals surface area contributed by atoms with Crippen LogP contribution in [0, 0.1) is 0 Å². The molecule has 0 aliphatic carbocycles. The molecule has 0 bridgehead atoms. The third-order valence-electron chi connectivity index (χ3n) is 3.25. The first-order valence-electron chi connectivity index (χ1n) is 6.62. The number of likely N-dealkylation sites (tertiary alicyclic amines) is 1. The summed E-state index contributed by atoms with van der Waals surface area (Å²) in [7, 11) is -2.10. The van der Waals surface area contributed by atoms with Crippen molar-refractivity contribution in [3.05, 3.63) is 24.3 Å². The fourth-order valence-electron chi connectivity index (χ4n) is 2.10. The molecule has 0 amide bonds. The zero-order chi connectivity index (χ0) is 14.4. The Morgan fingerprint density at radius 1 is 1.20 bits per heavy atom. The van der Waals surface area contributed by atoms with Crippen molar-refractivity contribution in [3.63, 3.8) is 0 Å². The third kappa shape index (κ3) is 4.17. The molecular weight excluding hydrogens is 280 g/mol. The predicted octanol–water partition coefficient (Wildman–Crippen LogP) is 1.00. The molecule has 0 spiro atoms. The minimum atomic E-state index is -3.63. The predicted molar refractivity (Wildman–Crippen MR) is 74.9 cm³/mol. The molecule has 1 N–H and O–H groups in total. The summed E-state index contributed by atoms with van der Waals surface area (Å²) in [4.78, 5) is 9.61. The van der Waals surface area contributed by atoms with E-state index >= 15 is 0 Å². The second-order valence-corrected chi connectivity index (χ2v) is 6.30. The van der Waals surface area contributed by atoms with Crippen LogP contribution in [-0.4, -0.2) is 46.7 Å². The lowest BCUT2D eigenvalue weighted by Gasteiger charge is -2.14. The maximum absolute atomic E-state index is 11.9. The maximum Gasteiger partial charge on any atom is 0.262 e. The Hall–Kier alpha value is -1.15. The summed E-state index contributed by atoms with van der Waals surface area (Å²) in [6, 6.07) is 6.15. The van der Waals surface area contributed by atoms with Crippen molar-refractivity contribution in [1.29, 1.82) is 0 Å². The monoisotopic (exact) mass is 300 g/mol. The molecule has 1 aliphatic heterocycles. The number of ether oxygens (including phenoxy) is 1. The van der Waals surface area contributed by atoms with E-state index in [1.165, 1.54) is 32.1 Å². The van der Waals surface area contributed by atoms with E-state index in [1.54, 1.807) is 12.1 Å². The number of hydrogen-bond acceptors (Lipinski definition) is 5. The first kappa shape index (κ1) is 15.2. The Morgan fingerprint density at radius 3 is 2.45 bits per heavy atom. The molecule has 0 unspecified atom stereocenters. The summed E-state index contributed by atoms with van der Waals surface area (Å²) in [5.74, 6) is 0.610. The van der Waals surface area contributed by atoms with Gasteiger partial charge in [-0.2, -0.15) is 0 Å². The topological polar surface area (TPSA) is 67.9 Å². The van der Waals surface area contributed by atoms with Gasteiger partial charge in [0.15, 0.2) is 0 Å². The molecule has 0 radical (unpaired) electrons. The highest BCUT2D eigenvalue weighted by atomic mass is 32.2. The molecule has 0 aromatic heterocycles. The second kappa shape index (κ2) is 7.03. The van der Waals surface area contributed by atoms with Gasteiger partial charge >= 0.3 is 0 Å². The zero-order valence-electron chi connectivity index (χ0n) is 11.5. The molecule has 6 nitrogen and oxygen atoms in total. The van der Waals surface area contributed by atoms with Gasteiger partial charge in [-0.25, -0.2) is 8.42 Å². The second-order valence-electron chi connectivity index (χ2n) is 4.66. The molecule has 1 fully saturated rings. The summed E-state index contributed by atoms with van der Waals surface area (Å²) in [5.41, 5.74) is 0. The van der Waals surface area contributed by atoms with Gasteiger partial charge in [0.05, 0.1) is 18.6 Å². The highest BCUT2D eigenvalue weighted by Gasteiger charge is 2.15. The molecule has 1 heterocycles. The van der Waals surface area contributed by atoms with Gasteiger partial charge in [-0.3, -0.25) is 4.84 Å². The molecule has 0 atom stereocenters. The Kier molecular flexibility index (Phi) is 5.36. The standard InChI is InChI=1S/C13H20N2O4S/c1-18-12-4-6-13(7-5-12)20(16,17)14-19-11-10-15-8-2-3-9-15/h4-7,14H,2-3,8-11H2,1H3. The SMILES string of the molecule is COc1ccc(S(=O)(=O)NOCCN2CCCC2)cc1. The summed E-state index contributed by atoms with van der Waals surface area (Å²) >= 11 is 0. The van der Waals surface area contributed by atoms with Gasteiger partial charge in [-0.1, -0.05) is 4.89 Å². The van der Waals surface area contributed by atoms with Crippen LogP contribution in [0.4, 0.5) is 0 Å². The smallest absolute Gasteiger partial charge is 0.262 e. The van der Waals surface area contributed by atoms with Gasteiger partial charge in [0, 0.05) is 6.54 Å². The number of nitrogens with one attached hydrogen (secondary N) is 1. The minimum absolute atomic E-state index is 0.152. The van der Waals surface area contributed by atoms with Gasteiger partial charge in [-0.15, -0.1) is 0 Å². The molecule has 7 heteroatoms. The van der Waals surface area contributed by atoms with Crippen LogP contribution in [0.25, 0.3) is 0 Å². The Morgan fingerprint density at radius 2 is 1.85 bits per heavy atom. The molecule has 1 aromatic carbocycles. The van der Waals surface area contributed by atoms with E-state index in [2.05, 4.69) is 9.79 Å². The average Bonchev–Trinajstić information content (AvgIpc) is 2.97. The molecule has 2 rings (SSSR count). The molecule has 1 aromatic rings. The van der Waals surface area contributed by atoms with Crippen molar-refractivity contribution in [1.82, 2.24) is 9.79 Å². The van der Waals surface area contributed by atoms with E-state index in [4.69, 9.17) is 9.57 Å². The van der Waals surface area contributed by atoms with Gasteiger partial charge in [0.1, 0.15) is 5.75 Å². The van der Waals surface area contributed by atoms with Crippen molar-refractivity contribution >= 4 is 10.0 Å². The fourth-order valence-corrected chi connectivity index (χ4v) is 2.93. The number of sulfonamides is 1. The molecule has 0 saturated carbocycles. The van der Waals surface area contributed by atoms with Crippen LogP contribution in [-0.2, 0) is 14.9 Å². The first-order chi connectivity index (χ1) is 9.62. The Balaban J connectivity index is 1.80. The molecule has 20 heavy (non-hydrogen) atoms. The largest absolute Gasteiger partial charge is 0.497 e. The molecule has 112 valence electrons. The Bertz CT molecular complexity index is 510. The number of benzene rings is 1. The van der Waals surface area contributed by atoms with Gasteiger partial charge in [-0.05, 0) is 50.2 Å². The van der Waals surface area contributed by atoms with Crippen molar-refractivity contribution in [2.75, 3.05) is 33.4 Å². The van der Waals surface area contributed by atoms with Crippen LogP contribution in [0.1, 0.15) is 12.8 Å². The van der Waals surface area contributed by atoms with E-state index in [1.807, 2.05) is 0 Å². The molecule has 1 saturated heterocycles. The van der Waals surface area contributed by atoms with Gasteiger partial charge < -0.3 is 9.64 Å². The number of hydrogen-bond donors (Lipinski definition) is 1. The summed E-state index contributed by atoms with van der Waals surface area (Å²) in [5, 5.41) is 0. The number of rotatable bonds is 7. The van der Waals surface area contributed by atoms with Crippen LogP contribution >= 0.6 is 0 Å². The third-order valence-corrected chi connectivity index (χ3v) is 4.48. The lowest BCUT2D eigenvalue weighted by Crippen LogP contribution is -2.30. The summed E-state index contributed by atoms with van der Waals surface area (Å²) in [6.45, 7) is 3.21. The molecule has 1 aliphatic rings. The van der Waals surface area contributed by atoms with Crippen LogP contribution in [0.15, 0.2) is 29.2 Å². The quantitative estimate of drug-likeness (QED) is 0.601. The number of methoxy groups -OCH3 is 1. The van der Waals surface area contributed by atoms with E-state index in [9.17, 15) is 8.42 Å². The van der Waals surface area contributed by atoms with Crippen molar-refractivity contribution in [2.45, 2.75) is 17.7 Å². The van der Waals surface area contributed by atoms with E-state index in [0.717, 1.165) is 19.6 Å². The lowest BCUT2D eigenvalue weighted by atomic mass is 10.3. The number of nitrogens with zero attached hydrogens (tertiary/aromatic N) is 1. The van der Waals surface area contributed by atoms with E-state index < -0.39 is 10.0 Å². The van der Waals surface area contributed by atoms with Gasteiger partial charge in [0.2, 0.25) is 0 Å². The highest BCUT2D eigenvalue weighted by molar-refractivity contribution is 7.89. The lowest BCUT2D eigenvalue weighted by molar-refractivity contribution is 0.0756. The van der Waals surface area contributed by atoms with Crippen LogP contribution in [0.2, 0.25) is 0 Å². The summed E-state index contributed by atoms with van der Waals surface area (Å²) in [6.07, 6.45) is 2.41. The summed E-state index contributed by atoms with van der Waals surface area (Å²) < 4.78 is 28.9. The van der Waals surface area contributed by atoms with Crippen molar-refractivity contribution in [2.24, 2.45) is 0 Å². The highest BCUT2D eigenvalue weighted by Crippen LogP contribution is 2.15. The van der Waals surface area contributed by atoms with Gasteiger partial charge in [0.25, 0.3) is 10.0 Å². The van der Waals surface area contributed by atoms with Crippen LogP contribution in [0.3, 0.4) is 0 Å². The minimum Gasteiger partial charge on any atom is -0.497 e. The van der Waals surface area contributed by atoms with Crippen molar-refractivity contribution in [3.8, 4) is 5.75 Å². The zero-order valence-corrected chi connectivity index (χ0v) is 12.4. The Labute approximate surface area is 119 Å². The van der Waals surface area contributed by atoms with Crippen LogP contribution < -0.4 is 9.62 Å². The van der Waals surface area contributed by atoms with Crippen LogP contribution in [0.5, 0.6) is 5.75 Å². The van der Waals surface area contributed by atoms with E-state index in [-0.39, 0.29) is 4.90 Å². The molecular formula is C13H20N2O4S.